The lowest BCUT2D eigenvalue weighted by molar-refractivity contribution is -0.113. The van der Waals surface area contributed by atoms with E-state index in [0.29, 0.717) is 33.9 Å². The summed E-state index contributed by atoms with van der Waals surface area (Å²) in [7, 11) is 0. The van der Waals surface area contributed by atoms with Gasteiger partial charge in [0.15, 0.2) is 16.7 Å². The predicted octanol–water partition coefficient (Wildman–Crippen LogP) is 4.88. The second-order valence-electron chi connectivity index (χ2n) is 7.10. The molecule has 0 atom stereocenters. The quantitative estimate of drug-likeness (QED) is 0.548. The van der Waals surface area contributed by atoms with Crippen molar-refractivity contribution < 1.29 is 9.21 Å². The standard InChI is InChI=1S/C21H23N5O2S2/c1-2-26-19(16-9-7-11-28-16)24-25-21(26)29-13-18(27)23-20-15(12-22)14-8-5-3-4-6-10-17(14)30-20/h7,9,11H,2-6,8,10,13H2,1H3,(H,23,27). The van der Waals surface area contributed by atoms with Crippen LogP contribution in [0.5, 0.6) is 0 Å². The first-order valence-corrected chi connectivity index (χ1v) is 12.0. The number of nitrogens with zero attached hydrogens (tertiary/aromatic N) is 4. The summed E-state index contributed by atoms with van der Waals surface area (Å²) in [6.45, 7) is 2.67. The number of carbonyl (C=O) groups is 1. The molecular weight excluding hydrogens is 418 g/mol. The first-order valence-electron chi connectivity index (χ1n) is 10.2. The molecule has 0 bridgehead atoms. The van der Waals surface area contributed by atoms with Gasteiger partial charge in [-0.3, -0.25) is 9.36 Å². The highest BCUT2D eigenvalue weighted by molar-refractivity contribution is 7.99. The zero-order valence-corrected chi connectivity index (χ0v) is 18.4. The van der Waals surface area contributed by atoms with Crippen LogP contribution in [-0.2, 0) is 24.2 Å². The average Bonchev–Trinajstić information content (AvgIpc) is 3.45. The van der Waals surface area contributed by atoms with Crippen LogP contribution in [0.3, 0.4) is 0 Å². The van der Waals surface area contributed by atoms with Gasteiger partial charge in [-0.2, -0.15) is 5.26 Å². The van der Waals surface area contributed by atoms with E-state index in [2.05, 4.69) is 21.6 Å². The number of thiophene rings is 1. The molecule has 156 valence electrons. The monoisotopic (exact) mass is 441 g/mol. The van der Waals surface area contributed by atoms with E-state index in [9.17, 15) is 10.1 Å². The van der Waals surface area contributed by atoms with Gasteiger partial charge in [-0.15, -0.1) is 21.5 Å². The van der Waals surface area contributed by atoms with E-state index in [1.54, 1.807) is 17.6 Å². The van der Waals surface area contributed by atoms with Gasteiger partial charge in [-0.25, -0.2) is 0 Å². The number of fused-ring (bicyclic) bond motifs is 1. The summed E-state index contributed by atoms with van der Waals surface area (Å²) in [5, 5.41) is 22.4. The van der Waals surface area contributed by atoms with Crippen molar-refractivity contribution in [3.8, 4) is 17.7 Å². The molecule has 0 aromatic carbocycles. The van der Waals surface area contributed by atoms with Crippen LogP contribution in [0.15, 0.2) is 28.0 Å². The minimum atomic E-state index is -0.143. The molecule has 4 rings (SSSR count). The van der Waals surface area contributed by atoms with Crippen LogP contribution in [0, 0.1) is 11.3 Å². The molecule has 9 heteroatoms. The van der Waals surface area contributed by atoms with Crippen LogP contribution in [0.4, 0.5) is 5.00 Å². The van der Waals surface area contributed by atoms with Crippen molar-refractivity contribution in [3.63, 3.8) is 0 Å². The minimum absolute atomic E-state index is 0.143. The topological polar surface area (TPSA) is 96.7 Å². The van der Waals surface area contributed by atoms with Crippen molar-refractivity contribution in [2.45, 2.75) is 57.1 Å². The maximum atomic E-state index is 12.6. The minimum Gasteiger partial charge on any atom is -0.461 e. The first-order chi connectivity index (χ1) is 14.7. The van der Waals surface area contributed by atoms with E-state index in [-0.39, 0.29) is 11.7 Å². The van der Waals surface area contributed by atoms with Gasteiger partial charge < -0.3 is 9.73 Å². The Morgan fingerprint density at radius 1 is 1.33 bits per heavy atom. The molecule has 30 heavy (non-hydrogen) atoms. The second-order valence-corrected chi connectivity index (χ2v) is 9.15. The molecule has 1 aliphatic rings. The Balaban J connectivity index is 1.45. The van der Waals surface area contributed by atoms with Crippen LogP contribution in [0.1, 0.15) is 48.6 Å². The molecule has 1 amide bonds. The predicted molar refractivity (Wildman–Crippen MR) is 118 cm³/mol. The summed E-state index contributed by atoms with van der Waals surface area (Å²) >= 11 is 2.89. The SMILES string of the molecule is CCn1c(SCC(=O)Nc2sc3c(c2C#N)CCCCCC3)nnc1-c1ccco1. The van der Waals surface area contributed by atoms with E-state index in [0.717, 1.165) is 31.2 Å². The number of hydrogen-bond acceptors (Lipinski definition) is 7. The van der Waals surface area contributed by atoms with Crippen molar-refractivity contribution in [2.24, 2.45) is 0 Å². The zero-order chi connectivity index (χ0) is 20.9. The number of carbonyl (C=O) groups excluding carboxylic acids is 1. The van der Waals surface area contributed by atoms with Gasteiger partial charge in [-0.05, 0) is 50.3 Å². The third-order valence-corrected chi connectivity index (χ3v) is 7.32. The Kier molecular flexibility index (Phi) is 6.55. The van der Waals surface area contributed by atoms with Crippen LogP contribution >= 0.6 is 23.1 Å². The molecule has 0 aliphatic heterocycles. The van der Waals surface area contributed by atoms with Gasteiger partial charge in [0.1, 0.15) is 11.1 Å². The molecule has 0 saturated carbocycles. The van der Waals surface area contributed by atoms with Crippen LogP contribution in [0.2, 0.25) is 0 Å². The Morgan fingerprint density at radius 2 is 2.17 bits per heavy atom. The zero-order valence-electron chi connectivity index (χ0n) is 16.8. The molecule has 3 aromatic rings. The third kappa shape index (κ3) is 4.30. The van der Waals surface area contributed by atoms with E-state index in [1.165, 1.54) is 29.5 Å². The lowest BCUT2D eigenvalue weighted by Gasteiger charge is -2.08. The number of aromatic nitrogens is 3. The van der Waals surface area contributed by atoms with Crippen molar-refractivity contribution in [1.29, 1.82) is 5.26 Å². The average molecular weight is 442 g/mol. The number of rotatable bonds is 6. The molecule has 3 aromatic heterocycles. The van der Waals surface area contributed by atoms with E-state index in [4.69, 9.17) is 4.42 Å². The molecular formula is C21H23N5O2S2. The number of furan rings is 1. The van der Waals surface area contributed by atoms with E-state index < -0.39 is 0 Å². The number of anilines is 1. The lowest BCUT2D eigenvalue weighted by atomic mass is 9.97. The number of nitriles is 1. The normalized spacial score (nSPS) is 13.9. The highest BCUT2D eigenvalue weighted by Crippen LogP contribution is 2.36. The third-order valence-electron chi connectivity index (χ3n) is 5.14. The largest absolute Gasteiger partial charge is 0.461 e. The number of nitrogens with one attached hydrogen (secondary N) is 1. The van der Waals surface area contributed by atoms with Crippen molar-refractivity contribution in [2.75, 3.05) is 11.1 Å². The van der Waals surface area contributed by atoms with Crippen molar-refractivity contribution in [3.05, 3.63) is 34.4 Å². The summed E-state index contributed by atoms with van der Waals surface area (Å²) in [6.07, 6.45) is 8.20. The number of thioether (sulfide) groups is 1. The number of hydrogen-bond donors (Lipinski definition) is 1. The molecule has 0 radical (unpaired) electrons. The molecule has 3 heterocycles. The molecule has 0 fully saturated rings. The highest BCUT2D eigenvalue weighted by atomic mass is 32.2. The van der Waals surface area contributed by atoms with Crippen LogP contribution < -0.4 is 5.32 Å². The van der Waals surface area contributed by atoms with Crippen LogP contribution in [0.25, 0.3) is 11.6 Å². The van der Waals surface area contributed by atoms with Gasteiger partial charge in [0.25, 0.3) is 0 Å². The Bertz CT molecular complexity index is 1060. The molecule has 7 nitrogen and oxygen atoms in total. The lowest BCUT2D eigenvalue weighted by Crippen LogP contribution is -2.14. The van der Waals surface area contributed by atoms with Gasteiger partial charge >= 0.3 is 0 Å². The van der Waals surface area contributed by atoms with E-state index in [1.807, 2.05) is 23.6 Å². The summed E-state index contributed by atoms with van der Waals surface area (Å²) in [6, 6.07) is 5.96. The molecule has 0 unspecified atom stereocenters. The smallest absolute Gasteiger partial charge is 0.235 e. The summed E-state index contributed by atoms with van der Waals surface area (Å²) in [4.78, 5) is 13.9. The van der Waals surface area contributed by atoms with Gasteiger partial charge in [-0.1, -0.05) is 24.6 Å². The number of aryl methyl sites for hydroxylation is 1. The van der Waals surface area contributed by atoms with Crippen molar-refractivity contribution >= 4 is 34.0 Å². The Morgan fingerprint density at radius 3 is 2.90 bits per heavy atom. The maximum Gasteiger partial charge on any atom is 0.235 e. The molecule has 1 N–H and O–H groups in total. The highest BCUT2D eigenvalue weighted by Gasteiger charge is 2.21. The van der Waals surface area contributed by atoms with Crippen molar-refractivity contribution in [1.82, 2.24) is 14.8 Å². The van der Waals surface area contributed by atoms with Gasteiger partial charge in [0.2, 0.25) is 5.91 Å². The van der Waals surface area contributed by atoms with Crippen LogP contribution in [-0.4, -0.2) is 26.4 Å². The fourth-order valence-electron chi connectivity index (χ4n) is 3.69. The summed E-state index contributed by atoms with van der Waals surface area (Å²) < 4.78 is 7.35. The fourth-order valence-corrected chi connectivity index (χ4v) is 5.75. The van der Waals surface area contributed by atoms with Gasteiger partial charge in [0, 0.05) is 11.4 Å². The summed E-state index contributed by atoms with van der Waals surface area (Å²) in [5.41, 5.74) is 1.78. The molecule has 0 spiro atoms. The maximum absolute atomic E-state index is 12.6. The Labute approximate surface area is 183 Å². The Hall–Kier alpha value is -2.57. The first kappa shape index (κ1) is 20.7. The fraction of sp³-hybridized carbons (Fsp3) is 0.429. The van der Waals surface area contributed by atoms with E-state index >= 15 is 0 Å². The second kappa shape index (κ2) is 9.49. The summed E-state index contributed by atoms with van der Waals surface area (Å²) in [5.74, 6) is 1.35. The van der Waals surface area contributed by atoms with Gasteiger partial charge in [0.05, 0.1) is 17.6 Å². The molecule has 1 aliphatic carbocycles. The number of amides is 1. The molecule has 0 saturated heterocycles.